The Morgan fingerprint density at radius 1 is 0.966 bits per heavy atom. The lowest BCUT2D eigenvalue weighted by Crippen LogP contribution is -2.50. The molecule has 5 nitrogen and oxygen atoms in total. The molecule has 2 N–H and O–H groups in total. The summed E-state index contributed by atoms with van der Waals surface area (Å²) in [7, 11) is 0. The number of benzene rings is 2. The van der Waals surface area contributed by atoms with Crippen LogP contribution < -0.4 is 10.6 Å². The van der Waals surface area contributed by atoms with E-state index < -0.39 is 6.04 Å². The first-order chi connectivity index (χ1) is 14.0. The van der Waals surface area contributed by atoms with Crippen molar-refractivity contribution >= 4 is 22.7 Å². The minimum atomic E-state index is -0.558. The van der Waals surface area contributed by atoms with Gasteiger partial charge in [0.15, 0.2) is 0 Å². The fraction of sp³-hybridized carbons (Fsp3) is 0.292. The summed E-state index contributed by atoms with van der Waals surface area (Å²) in [4.78, 5) is 29.5. The summed E-state index contributed by atoms with van der Waals surface area (Å²) in [5.41, 5.74) is 2.98. The smallest absolute Gasteiger partial charge is 0.242 e. The molecule has 0 aliphatic rings. The topological polar surface area (TPSA) is 71.1 Å². The van der Waals surface area contributed by atoms with Gasteiger partial charge < -0.3 is 10.6 Å². The molecule has 2 amide bonds. The lowest BCUT2D eigenvalue weighted by Gasteiger charge is -2.22. The van der Waals surface area contributed by atoms with Gasteiger partial charge in [-0.15, -0.1) is 0 Å². The molecule has 0 saturated heterocycles. The Kier molecular flexibility index (Phi) is 6.95. The maximum atomic E-state index is 12.7. The second-order valence-corrected chi connectivity index (χ2v) is 7.48. The third-order valence-electron chi connectivity index (χ3n) is 4.88. The molecule has 2 aromatic carbocycles. The van der Waals surface area contributed by atoms with Crippen molar-refractivity contribution in [2.24, 2.45) is 5.92 Å². The summed E-state index contributed by atoms with van der Waals surface area (Å²) >= 11 is 0. The average molecular weight is 389 g/mol. The molecule has 0 aliphatic heterocycles. The Morgan fingerprint density at radius 2 is 1.72 bits per heavy atom. The molecule has 0 radical (unpaired) electrons. The number of hydrogen-bond acceptors (Lipinski definition) is 3. The van der Waals surface area contributed by atoms with Crippen molar-refractivity contribution in [2.45, 2.75) is 32.7 Å². The van der Waals surface area contributed by atoms with Crippen LogP contribution in [-0.4, -0.2) is 29.4 Å². The fourth-order valence-electron chi connectivity index (χ4n) is 3.34. The van der Waals surface area contributed by atoms with Crippen LogP contribution in [0.4, 0.5) is 0 Å². The fourth-order valence-corrected chi connectivity index (χ4v) is 3.34. The lowest BCUT2D eigenvalue weighted by molar-refractivity contribution is -0.129. The summed E-state index contributed by atoms with van der Waals surface area (Å²) in [5, 5.41) is 6.93. The van der Waals surface area contributed by atoms with E-state index in [9.17, 15) is 9.59 Å². The van der Waals surface area contributed by atoms with Crippen molar-refractivity contribution in [2.75, 3.05) is 6.54 Å². The van der Waals surface area contributed by atoms with Gasteiger partial charge in [-0.2, -0.15) is 0 Å². The van der Waals surface area contributed by atoms with Gasteiger partial charge in [-0.1, -0.05) is 68.4 Å². The van der Waals surface area contributed by atoms with Gasteiger partial charge in [0.05, 0.1) is 11.9 Å². The Hall–Kier alpha value is -3.21. The highest BCUT2D eigenvalue weighted by molar-refractivity contribution is 5.88. The van der Waals surface area contributed by atoms with E-state index in [4.69, 9.17) is 0 Å². The standard InChI is InChI=1S/C24H27N3O2/c1-17(2)22(27-21(28)16-18-8-4-3-5-9-18)24(29)26-15-13-20-11-6-10-19-12-7-14-25-23(19)20/h3-12,14,17,22H,13,15-16H2,1-2H3,(H,26,29)(H,27,28)/t22-/m0/s1. The molecular formula is C24H27N3O2. The van der Waals surface area contributed by atoms with E-state index >= 15 is 0 Å². The van der Waals surface area contributed by atoms with E-state index in [0.717, 1.165) is 22.0 Å². The number of fused-ring (bicyclic) bond motifs is 1. The molecule has 1 heterocycles. The number of para-hydroxylation sites is 1. The molecular weight excluding hydrogens is 362 g/mol. The van der Waals surface area contributed by atoms with Crippen LogP contribution in [0.15, 0.2) is 66.9 Å². The highest BCUT2D eigenvalue weighted by Gasteiger charge is 2.23. The van der Waals surface area contributed by atoms with Gasteiger partial charge in [0, 0.05) is 18.1 Å². The van der Waals surface area contributed by atoms with E-state index in [1.54, 1.807) is 6.20 Å². The third-order valence-corrected chi connectivity index (χ3v) is 4.88. The summed E-state index contributed by atoms with van der Waals surface area (Å²) in [5.74, 6) is -0.313. The van der Waals surface area contributed by atoms with Crippen LogP contribution in [-0.2, 0) is 22.4 Å². The molecule has 3 rings (SSSR count). The number of pyridine rings is 1. The van der Waals surface area contributed by atoms with Crippen LogP contribution in [0, 0.1) is 5.92 Å². The highest BCUT2D eigenvalue weighted by Crippen LogP contribution is 2.16. The Balaban J connectivity index is 1.56. The van der Waals surface area contributed by atoms with E-state index in [1.807, 2.05) is 74.5 Å². The zero-order chi connectivity index (χ0) is 20.6. The van der Waals surface area contributed by atoms with E-state index in [2.05, 4.69) is 15.6 Å². The molecule has 150 valence electrons. The SMILES string of the molecule is CC(C)[C@H](NC(=O)Cc1ccccc1)C(=O)NCCc1cccc2cccnc12. The van der Waals surface area contributed by atoms with Gasteiger partial charge in [-0.25, -0.2) is 0 Å². The molecule has 3 aromatic rings. The maximum Gasteiger partial charge on any atom is 0.242 e. The Morgan fingerprint density at radius 3 is 2.48 bits per heavy atom. The molecule has 0 fully saturated rings. The summed E-state index contributed by atoms with van der Waals surface area (Å²) in [6.07, 6.45) is 2.73. The van der Waals surface area contributed by atoms with Crippen molar-refractivity contribution in [3.63, 3.8) is 0 Å². The summed E-state index contributed by atoms with van der Waals surface area (Å²) in [6.45, 7) is 4.36. The largest absolute Gasteiger partial charge is 0.354 e. The minimum absolute atomic E-state index is 0.00561. The Labute approximate surface area is 171 Å². The molecule has 0 aliphatic carbocycles. The van der Waals surface area contributed by atoms with Crippen molar-refractivity contribution < 1.29 is 9.59 Å². The summed E-state index contributed by atoms with van der Waals surface area (Å²) < 4.78 is 0. The van der Waals surface area contributed by atoms with Crippen molar-refractivity contribution in [1.82, 2.24) is 15.6 Å². The number of rotatable bonds is 8. The first-order valence-corrected chi connectivity index (χ1v) is 9.98. The predicted octanol–water partition coefficient (Wildman–Crippen LogP) is 3.28. The first kappa shape index (κ1) is 20.5. The van der Waals surface area contributed by atoms with E-state index in [1.165, 1.54) is 0 Å². The first-order valence-electron chi connectivity index (χ1n) is 9.98. The van der Waals surface area contributed by atoms with Crippen LogP contribution in [0.3, 0.4) is 0 Å². The zero-order valence-electron chi connectivity index (χ0n) is 16.9. The molecule has 0 bridgehead atoms. The van der Waals surface area contributed by atoms with E-state index in [-0.39, 0.29) is 24.2 Å². The molecule has 0 saturated carbocycles. The number of amides is 2. The molecule has 0 spiro atoms. The normalized spacial score (nSPS) is 12.0. The number of hydrogen-bond donors (Lipinski definition) is 2. The highest BCUT2D eigenvalue weighted by atomic mass is 16.2. The number of aromatic nitrogens is 1. The van der Waals surface area contributed by atoms with Gasteiger partial charge in [0.1, 0.15) is 6.04 Å². The van der Waals surface area contributed by atoms with Crippen LogP contribution in [0.2, 0.25) is 0 Å². The molecule has 1 atom stereocenters. The second kappa shape index (κ2) is 9.82. The van der Waals surface area contributed by atoms with Gasteiger partial charge in [0.2, 0.25) is 11.8 Å². The second-order valence-electron chi connectivity index (χ2n) is 7.48. The number of nitrogens with zero attached hydrogens (tertiary/aromatic N) is 1. The van der Waals surface area contributed by atoms with Crippen molar-refractivity contribution in [3.8, 4) is 0 Å². The zero-order valence-corrected chi connectivity index (χ0v) is 16.9. The van der Waals surface area contributed by atoms with Gasteiger partial charge >= 0.3 is 0 Å². The van der Waals surface area contributed by atoms with Crippen LogP contribution >= 0.6 is 0 Å². The number of nitrogens with one attached hydrogen (secondary N) is 2. The van der Waals surface area contributed by atoms with Gasteiger partial charge in [0.25, 0.3) is 0 Å². The quantitative estimate of drug-likeness (QED) is 0.621. The monoisotopic (exact) mass is 389 g/mol. The third kappa shape index (κ3) is 5.64. The van der Waals surface area contributed by atoms with Crippen molar-refractivity contribution in [1.29, 1.82) is 0 Å². The maximum absolute atomic E-state index is 12.7. The number of carbonyl (C=O) groups is 2. The van der Waals surface area contributed by atoms with Crippen LogP contribution in [0.5, 0.6) is 0 Å². The minimum Gasteiger partial charge on any atom is -0.354 e. The molecule has 1 aromatic heterocycles. The van der Waals surface area contributed by atoms with Crippen LogP contribution in [0.25, 0.3) is 10.9 Å². The van der Waals surface area contributed by atoms with Gasteiger partial charge in [-0.3, -0.25) is 14.6 Å². The molecule has 29 heavy (non-hydrogen) atoms. The predicted molar refractivity (Wildman–Crippen MR) is 115 cm³/mol. The average Bonchev–Trinajstić information content (AvgIpc) is 2.72. The van der Waals surface area contributed by atoms with Crippen LogP contribution in [0.1, 0.15) is 25.0 Å². The van der Waals surface area contributed by atoms with Gasteiger partial charge in [-0.05, 0) is 29.5 Å². The number of carbonyl (C=O) groups excluding carboxylic acids is 2. The molecule has 0 unspecified atom stereocenters. The molecule has 5 heteroatoms. The summed E-state index contributed by atoms with van der Waals surface area (Å²) in [6, 6.07) is 19.0. The van der Waals surface area contributed by atoms with Crippen molar-refractivity contribution in [3.05, 3.63) is 78.0 Å². The lowest BCUT2D eigenvalue weighted by atomic mass is 10.0. The Bertz CT molecular complexity index is 965. The van der Waals surface area contributed by atoms with E-state index in [0.29, 0.717) is 13.0 Å².